The lowest BCUT2D eigenvalue weighted by Gasteiger charge is -2.17. The number of amides is 1. The second-order valence-electron chi connectivity index (χ2n) is 3.80. The molecule has 1 aromatic rings. The summed E-state index contributed by atoms with van der Waals surface area (Å²) in [6, 6.07) is 7.27. The highest BCUT2D eigenvalue weighted by atomic mass is 16.3. The van der Waals surface area contributed by atoms with E-state index in [4.69, 9.17) is 10.8 Å². The third kappa shape index (κ3) is 4.43. The van der Waals surface area contributed by atoms with Gasteiger partial charge in [-0.2, -0.15) is 0 Å². The van der Waals surface area contributed by atoms with Crippen LogP contribution in [0.5, 0.6) is 0 Å². The number of rotatable bonds is 6. The van der Waals surface area contributed by atoms with Gasteiger partial charge in [0.15, 0.2) is 0 Å². The maximum atomic E-state index is 11.8. The van der Waals surface area contributed by atoms with Gasteiger partial charge in [0.25, 0.3) is 0 Å². The highest BCUT2D eigenvalue weighted by Crippen LogP contribution is 2.08. The Kier molecular flexibility index (Phi) is 5.67. The van der Waals surface area contributed by atoms with Crippen molar-refractivity contribution in [1.82, 2.24) is 4.90 Å². The van der Waals surface area contributed by atoms with Crippen LogP contribution in [0.4, 0.5) is 5.69 Å². The molecule has 0 aliphatic rings. The van der Waals surface area contributed by atoms with Crippen molar-refractivity contribution in [2.24, 2.45) is 0 Å². The fourth-order valence-electron chi connectivity index (χ4n) is 1.50. The molecule has 0 aromatic heterocycles. The summed E-state index contributed by atoms with van der Waals surface area (Å²) in [6.07, 6.45) is 4.79. The Bertz CT molecular complexity index is 441. The molecule has 96 valence electrons. The SMILES string of the molecule is C=CCN(CCO)C(=O)/C=C/c1cccc(N)c1. The molecule has 0 spiro atoms. The maximum absolute atomic E-state index is 11.8. The Labute approximate surface area is 107 Å². The number of aliphatic hydroxyl groups is 1. The third-order valence-electron chi connectivity index (χ3n) is 2.36. The van der Waals surface area contributed by atoms with E-state index in [1.54, 1.807) is 24.3 Å². The number of aliphatic hydroxyl groups excluding tert-OH is 1. The van der Waals surface area contributed by atoms with E-state index in [0.717, 1.165) is 5.56 Å². The number of carbonyl (C=O) groups excluding carboxylic acids is 1. The molecule has 0 heterocycles. The summed E-state index contributed by atoms with van der Waals surface area (Å²) in [5.74, 6) is -0.161. The lowest BCUT2D eigenvalue weighted by Crippen LogP contribution is -2.32. The van der Waals surface area contributed by atoms with E-state index in [1.165, 1.54) is 11.0 Å². The highest BCUT2D eigenvalue weighted by molar-refractivity contribution is 5.92. The Hall–Kier alpha value is -2.07. The maximum Gasteiger partial charge on any atom is 0.246 e. The van der Waals surface area contributed by atoms with Crippen molar-refractivity contribution in [3.05, 3.63) is 48.6 Å². The summed E-state index contributed by atoms with van der Waals surface area (Å²) in [5.41, 5.74) is 7.17. The molecule has 0 aliphatic heterocycles. The van der Waals surface area contributed by atoms with Crippen LogP contribution in [0.25, 0.3) is 6.08 Å². The standard InChI is InChI=1S/C14H18N2O2/c1-2-8-16(9-10-17)14(18)7-6-12-4-3-5-13(15)11-12/h2-7,11,17H,1,8-10,15H2/b7-6+. The average Bonchev–Trinajstić information content (AvgIpc) is 2.36. The number of nitrogen functional groups attached to an aromatic ring is 1. The van der Waals surface area contributed by atoms with Gasteiger partial charge in [-0.25, -0.2) is 0 Å². The molecular weight excluding hydrogens is 228 g/mol. The first-order valence-electron chi connectivity index (χ1n) is 5.71. The summed E-state index contributed by atoms with van der Waals surface area (Å²) in [6.45, 7) is 4.23. The first-order chi connectivity index (χ1) is 8.67. The van der Waals surface area contributed by atoms with Crippen molar-refractivity contribution in [3.8, 4) is 0 Å². The van der Waals surface area contributed by atoms with E-state index in [0.29, 0.717) is 18.8 Å². The zero-order valence-corrected chi connectivity index (χ0v) is 10.2. The van der Waals surface area contributed by atoms with Crippen LogP contribution < -0.4 is 5.73 Å². The van der Waals surface area contributed by atoms with Crippen molar-refractivity contribution in [1.29, 1.82) is 0 Å². The van der Waals surface area contributed by atoms with E-state index in [-0.39, 0.29) is 12.5 Å². The molecule has 18 heavy (non-hydrogen) atoms. The van der Waals surface area contributed by atoms with Gasteiger partial charge in [0.1, 0.15) is 0 Å². The molecule has 0 aliphatic carbocycles. The third-order valence-corrected chi connectivity index (χ3v) is 2.36. The fraction of sp³-hybridized carbons (Fsp3) is 0.214. The minimum absolute atomic E-state index is 0.0638. The summed E-state index contributed by atoms with van der Waals surface area (Å²) < 4.78 is 0. The molecular formula is C14H18N2O2. The fourth-order valence-corrected chi connectivity index (χ4v) is 1.50. The molecule has 3 N–H and O–H groups in total. The van der Waals surface area contributed by atoms with Gasteiger partial charge in [-0.15, -0.1) is 6.58 Å². The number of anilines is 1. The summed E-state index contributed by atoms with van der Waals surface area (Å²) in [4.78, 5) is 13.3. The van der Waals surface area contributed by atoms with Crippen molar-refractivity contribution in [2.45, 2.75) is 0 Å². The Balaban J connectivity index is 2.69. The Morgan fingerprint density at radius 3 is 2.89 bits per heavy atom. The monoisotopic (exact) mass is 246 g/mol. The van der Waals surface area contributed by atoms with Crippen LogP contribution in [0.1, 0.15) is 5.56 Å². The topological polar surface area (TPSA) is 66.6 Å². The van der Waals surface area contributed by atoms with E-state index in [1.807, 2.05) is 12.1 Å². The molecule has 4 heteroatoms. The predicted molar refractivity (Wildman–Crippen MR) is 73.8 cm³/mol. The normalized spacial score (nSPS) is 10.5. The number of hydrogen-bond acceptors (Lipinski definition) is 3. The Morgan fingerprint density at radius 1 is 1.50 bits per heavy atom. The summed E-state index contributed by atoms with van der Waals surface area (Å²) >= 11 is 0. The van der Waals surface area contributed by atoms with E-state index < -0.39 is 0 Å². The van der Waals surface area contributed by atoms with Gasteiger partial charge < -0.3 is 15.7 Å². The summed E-state index contributed by atoms with van der Waals surface area (Å²) in [7, 11) is 0. The average molecular weight is 246 g/mol. The van der Waals surface area contributed by atoms with Gasteiger partial charge in [-0.05, 0) is 23.8 Å². The molecule has 0 saturated carbocycles. The second kappa shape index (κ2) is 7.29. The zero-order chi connectivity index (χ0) is 13.4. The van der Waals surface area contributed by atoms with Gasteiger partial charge in [-0.1, -0.05) is 18.2 Å². The zero-order valence-electron chi connectivity index (χ0n) is 10.2. The lowest BCUT2D eigenvalue weighted by atomic mass is 10.2. The number of carbonyl (C=O) groups is 1. The molecule has 0 fully saturated rings. The molecule has 0 atom stereocenters. The number of hydrogen-bond donors (Lipinski definition) is 2. The second-order valence-corrected chi connectivity index (χ2v) is 3.80. The van der Waals surface area contributed by atoms with Crippen LogP contribution >= 0.6 is 0 Å². The lowest BCUT2D eigenvalue weighted by molar-refractivity contribution is -0.125. The molecule has 0 saturated heterocycles. The molecule has 0 radical (unpaired) electrons. The largest absolute Gasteiger partial charge is 0.399 e. The molecule has 1 aromatic carbocycles. The van der Waals surface area contributed by atoms with Gasteiger partial charge in [0.05, 0.1) is 6.61 Å². The first-order valence-corrected chi connectivity index (χ1v) is 5.71. The van der Waals surface area contributed by atoms with E-state index in [2.05, 4.69) is 6.58 Å². The van der Waals surface area contributed by atoms with Crippen LogP contribution in [-0.2, 0) is 4.79 Å². The molecule has 0 bridgehead atoms. The van der Waals surface area contributed by atoms with Crippen molar-refractivity contribution >= 4 is 17.7 Å². The number of nitrogens with zero attached hydrogens (tertiary/aromatic N) is 1. The van der Waals surface area contributed by atoms with Gasteiger partial charge in [0.2, 0.25) is 5.91 Å². The van der Waals surface area contributed by atoms with Crippen LogP contribution in [-0.4, -0.2) is 35.6 Å². The summed E-state index contributed by atoms with van der Waals surface area (Å²) in [5, 5.41) is 8.87. The van der Waals surface area contributed by atoms with E-state index >= 15 is 0 Å². The number of nitrogens with two attached hydrogens (primary N) is 1. The van der Waals surface area contributed by atoms with Crippen LogP contribution in [0.2, 0.25) is 0 Å². The van der Waals surface area contributed by atoms with Crippen LogP contribution in [0.15, 0.2) is 43.0 Å². The van der Waals surface area contributed by atoms with Crippen LogP contribution in [0, 0.1) is 0 Å². The van der Waals surface area contributed by atoms with Crippen LogP contribution in [0.3, 0.4) is 0 Å². The van der Waals surface area contributed by atoms with Gasteiger partial charge in [-0.3, -0.25) is 4.79 Å². The minimum atomic E-state index is -0.161. The van der Waals surface area contributed by atoms with Crippen molar-refractivity contribution in [2.75, 3.05) is 25.4 Å². The van der Waals surface area contributed by atoms with Gasteiger partial charge in [0, 0.05) is 24.9 Å². The molecule has 0 unspecified atom stereocenters. The first kappa shape index (κ1) is 14.0. The quantitative estimate of drug-likeness (QED) is 0.451. The molecule has 4 nitrogen and oxygen atoms in total. The van der Waals surface area contributed by atoms with Gasteiger partial charge >= 0.3 is 0 Å². The molecule has 1 amide bonds. The number of benzene rings is 1. The minimum Gasteiger partial charge on any atom is -0.399 e. The highest BCUT2D eigenvalue weighted by Gasteiger charge is 2.07. The van der Waals surface area contributed by atoms with E-state index in [9.17, 15) is 4.79 Å². The Morgan fingerprint density at radius 2 is 2.28 bits per heavy atom. The van der Waals surface area contributed by atoms with Crippen molar-refractivity contribution < 1.29 is 9.90 Å². The smallest absolute Gasteiger partial charge is 0.246 e. The predicted octanol–water partition coefficient (Wildman–Crippen LogP) is 1.29. The molecule has 1 rings (SSSR count). The van der Waals surface area contributed by atoms with Crippen molar-refractivity contribution in [3.63, 3.8) is 0 Å².